The lowest BCUT2D eigenvalue weighted by atomic mass is 10.2. The van der Waals surface area contributed by atoms with Crippen molar-refractivity contribution in [2.24, 2.45) is 5.92 Å². The first kappa shape index (κ1) is 13.1. The van der Waals surface area contributed by atoms with Crippen LogP contribution in [0.25, 0.3) is 0 Å². The van der Waals surface area contributed by atoms with Gasteiger partial charge in [0.25, 0.3) is 0 Å². The van der Waals surface area contributed by atoms with Crippen molar-refractivity contribution in [1.29, 1.82) is 0 Å². The molecule has 0 heterocycles. The topological polar surface area (TPSA) is 30.5 Å². The van der Waals surface area contributed by atoms with Gasteiger partial charge in [0.15, 0.2) is 11.5 Å². The first-order valence-electron chi connectivity index (χ1n) is 6.01. The third-order valence-electron chi connectivity index (χ3n) is 2.90. The van der Waals surface area contributed by atoms with Crippen LogP contribution in [0.2, 0.25) is 0 Å². The Morgan fingerprint density at radius 2 is 2.11 bits per heavy atom. The SMILES string of the molecule is COc1ccc(CNCC2CC2)cc1OC(F)F. The second kappa shape index (κ2) is 6.00. The van der Waals surface area contributed by atoms with Crippen LogP contribution in [0.1, 0.15) is 18.4 Å². The molecule has 1 N–H and O–H groups in total. The average Bonchev–Trinajstić information content (AvgIpc) is 3.13. The molecular weight excluding hydrogens is 240 g/mol. The molecule has 1 aromatic rings. The lowest BCUT2D eigenvalue weighted by Gasteiger charge is -2.12. The van der Waals surface area contributed by atoms with Gasteiger partial charge in [-0.25, -0.2) is 0 Å². The molecule has 1 aliphatic carbocycles. The molecule has 1 fully saturated rings. The molecule has 3 nitrogen and oxygen atoms in total. The van der Waals surface area contributed by atoms with Gasteiger partial charge in [-0.3, -0.25) is 0 Å². The first-order chi connectivity index (χ1) is 8.69. The predicted molar refractivity (Wildman–Crippen MR) is 64.1 cm³/mol. The maximum absolute atomic E-state index is 12.2. The summed E-state index contributed by atoms with van der Waals surface area (Å²) in [6.07, 6.45) is 2.57. The van der Waals surface area contributed by atoms with Crippen LogP contribution in [-0.2, 0) is 6.54 Å². The van der Waals surface area contributed by atoms with Crippen LogP contribution in [0.3, 0.4) is 0 Å². The van der Waals surface area contributed by atoms with Gasteiger partial charge < -0.3 is 14.8 Å². The van der Waals surface area contributed by atoms with Crippen molar-refractivity contribution in [3.05, 3.63) is 23.8 Å². The summed E-state index contributed by atoms with van der Waals surface area (Å²) in [5, 5.41) is 3.30. The smallest absolute Gasteiger partial charge is 0.387 e. The van der Waals surface area contributed by atoms with Crippen molar-refractivity contribution in [3.8, 4) is 11.5 Å². The van der Waals surface area contributed by atoms with Gasteiger partial charge in [0.1, 0.15) is 0 Å². The van der Waals surface area contributed by atoms with Gasteiger partial charge in [-0.15, -0.1) is 0 Å². The van der Waals surface area contributed by atoms with Crippen LogP contribution in [0.5, 0.6) is 11.5 Å². The van der Waals surface area contributed by atoms with Crippen molar-refractivity contribution in [2.75, 3.05) is 13.7 Å². The zero-order chi connectivity index (χ0) is 13.0. The van der Waals surface area contributed by atoms with Crippen LogP contribution in [0, 0.1) is 5.92 Å². The molecule has 0 saturated heterocycles. The van der Waals surface area contributed by atoms with E-state index in [9.17, 15) is 8.78 Å². The molecule has 100 valence electrons. The Bertz CT molecular complexity index is 395. The molecule has 0 spiro atoms. The fourth-order valence-electron chi connectivity index (χ4n) is 1.76. The van der Waals surface area contributed by atoms with E-state index in [1.807, 2.05) is 6.07 Å². The molecule has 1 aromatic carbocycles. The summed E-state index contributed by atoms with van der Waals surface area (Å²) in [4.78, 5) is 0. The second-order valence-electron chi connectivity index (χ2n) is 4.44. The lowest BCUT2D eigenvalue weighted by Crippen LogP contribution is -2.16. The fraction of sp³-hybridized carbons (Fsp3) is 0.538. The van der Waals surface area contributed by atoms with Crippen molar-refractivity contribution in [3.63, 3.8) is 0 Å². The summed E-state index contributed by atoms with van der Waals surface area (Å²) in [6.45, 7) is -1.20. The number of halogens is 2. The van der Waals surface area contributed by atoms with Crippen molar-refractivity contribution in [1.82, 2.24) is 5.32 Å². The molecular formula is C13H17F2NO2. The van der Waals surface area contributed by atoms with Gasteiger partial charge >= 0.3 is 6.61 Å². The average molecular weight is 257 g/mol. The highest BCUT2D eigenvalue weighted by atomic mass is 19.3. The molecule has 1 saturated carbocycles. The number of nitrogens with one attached hydrogen (secondary N) is 1. The maximum atomic E-state index is 12.2. The van der Waals surface area contributed by atoms with Crippen LogP contribution >= 0.6 is 0 Å². The minimum Gasteiger partial charge on any atom is -0.493 e. The molecule has 18 heavy (non-hydrogen) atoms. The summed E-state index contributed by atoms with van der Waals surface area (Å²) in [6, 6.07) is 5.08. The Hall–Kier alpha value is -1.36. The summed E-state index contributed by atoms with van der Waals surface area (Å²) < 4.78 is 33.9. The highest BCUT2D eigenvalue weighted by Crippen LogP contribution is 2.30. The Labute approximate surface area is 105 Å². The standard InChI is InChI=1S/C13H17F2NO2/c1-17-11-5-4-10(6-12(11)18-13(14)15)8-16-7-9-2-3-9/h4-6,9,13,16H,2-3,7-8H2,1H3. The van der Waals surface area contributed by atoms with E-state index in [4.69, 9.17) is 4.74 Å². The molecule has 0 radical (unpaired) electrons. The van der Waals surface area contributed by atoms with Gasteiger partial charge in [-0.2, -0.15) is 8.78 Å². The second-order valence-corrected chi connectivity index (χ2v) is 4.44. The summed E-state index contributed by atoms with van der Waals surface area (Å²) in [5.74, 6) is 1.19. The molecule has 0 aliphatic heterocycles. The normalized spacial score (nSPS) is 14.9. The molecule has 0 amide bonds. The van der Waals surface area contributed by atoms with E-state index in [2.05, 4.69) is 10.1 Å². The van der Waals surface area contributed by atoms with E-state index in [-0.39, 0.29) is 5.75 Å². The zero-order valence-electron chi connectivity index (χ0n) is 10.3. The van der Waals surface area contributed by atoms with Crippen LogP contribution < -0.4 is 14.8 Å². The van der Waals surface area contributed by atoms with Crippen molar-refractivity contribution in [2.45, 2.75) is 26.0 Å². The maximum Gasteiger partial charge on any atom is 0.387 e. The van der Waals surface area contributed by atoms with Gasteiger partial charge in [0.05, 0.1) is 7.11 Å². The molecule has 1 aliphatic rings. The summed E-state index contributed by atoms with van der Waals surface area (Å²) in [5.41, 5.74) is 0.909. The monoisotopic (exact) mass is 257 g/mol. The van der Waals surface area contributed by atoms with E-state index in [1.165, 1.54) is 20.0 Å². The lowest BCUT2D eigenvalue weighted by molar-refractivity contribution is -0.0512. The van der Waals surface area contributed by atoms with E-state index < -0.39 is 6.61 Å². The van der Waals surface area contributed by atoms with Crippen molar-refractivity contribution >= 4 is 0 Å². The number of benzene rings is 1. The minimum absolute atomic E-state index is 0.0817. The Balaban J connectivity index is 1.96. The summed E-state index contributed by atoms with van der Waals surface area (Å²) >= 11 is 0. The third kappa shape index (κ3) is 3.84. The van der Waals surface area contributed by atoms with E-state index in [1.54, 1.807) is 12.1 Å². The van der Waals surface area contributed by atoms with Crippen LogP contribution in [-0.4, -0.2) is 20.3 Å². The zero-order valence-corrected chi connectivity index (χ0v) is 10.3. The number of methoxy groups -OCH3 is 1. The van der Waals surface area contributed by atoms with E-state index in [0.29, 0.717) is 12.3 Å². The Morgan fingerprint density at radius 1 is 1.33 bits per heavy atom. The van der Waals surface area contributed by atoms with Gasteiger partial charge in [0, 0.05) is 6.54 Å². The molecule has 2 rings (SSSR count). The van der Waals surface area contributed by atoms with E-state index >= 15 is 0 Å². The fourth-order valence-corrected chi connectivity index (χ4v) is 1.76. The largest absolute Gasteiger partial charge is 0.493 e. The first-order valence-corrected chi connectivity index (χ1v) is 6.01. The van der Waals surface area contributed by atoms with E-state index in [0.717, 1.165) is 18.0 Å². The third-order valence-corrected chi connectivity index (χ3v) is 2.90. The van der Waals surface area contributed by atoms with Crippen molar-refractivity contribution < 1.29 is 18.3 Å². The highest BCUT2D eigenvalue weighted by Gasteiger charge is 2.20. The number of ether oxygens (including phenoxy) is 2. The molecule has 0 atom stereocenters. The number of alkyl halides is 2. The Morgan fingerprint density at radius 3 is 2.72 bits per heavy atom. The molecule has 0 bridgehead atoms. The predicted octanol–water partition coefficient (Wildman–Crippen LogP) is 2.80. The number of hydrogen-bond donors (Lipinski definition) is 1. The molecule has 0 aromatic heterocycles. The Kier molecular flexibility index (Phi) is 4.36. The van der Waals surface area contributed by atoms with Gasteiger partial charge in [-0.05, 0) is 43.0 Å². The van der Waals surface area contributed by atoms with Crippen LogP contribution in [0.15, 0.2) is 18.2 Å². The number of hydrogen-bond acceptors (Lipinski definition) is 3. The van der Waals surface area contributed by atoms with Crippen LogP contribution in [0.4, 0.5) is 8.78 Å². The minimum atomic E-state index is -2.84. The summed E-state index contributed by atoms with van der Waals surface area (Å²) in [7, 11) is 1.43. The quantitative estimate of drug-likeness (QED) is 0.814. The highest BCUT2D eigenvalue weighted by molar-refractivity contribution is 5.42. The molecule has 0 unspecified atom stereocenters. The number of rotatable bonds is 7. The molecule has 5 heteroatoms. The van der Waals surface area contributed by atoms with Gasteiger partial charge in [-0.1, -0.05) is 6.07 Å². The van der Waals surface area contributed by atoms with Gasteiger partial charge in [0.2, 0.25) is 0 Å².